The van der Waals surface area contributed by atoms with E-state index in [2.05, 4.69) is 35.1 Å². The molecule has 0 amide bonds. The monoisotopic (exact) mass is 417 g/mol. The van der Waals surface area contributed by atoms with Crippen LogP contribution in [0.3, 0.4) is 0 Å². The highest BCUT2D eigenvalue weighted by Crippen LogP contribution is 2.48. The maximum Gasteiger partial charge on any atom is 0.142 e. The number of fused-ring (bicyclic) bond motifs is 1. The first-order valence-corrected chi connectivity index (χ1v) is 12.0. The SMILES string of the molecule is CSc1cccc2c1nc([C@]1(O)CC[C@](C#N)(c3ccccc3)CC1)n2CC1CC1. The number of imidazole rings is 1. The lowest BCUT2D eigenvalue weighted by molar-refractivity contribution is -0.0241. The molecule has 3 aromatic rings. The number of aliphatic hydroxyl groups is 1. The Morgan fingerprint density at radius 3 is 2.47 bits per heavy atom. The average molecular weight is 418 g/mol. The lowest BCUT2D eigenvalue weighted by Crippen LogP contribution is -2.40. The van der Waals surface area contributed by atoms with Crippen molar-refractivity contribution in [2.75, 3.05) is 6.26 Å². The Bertz CT molecular complexity index is 1100. The van der Waals surface area contributed by atoms with Gasteiger partial charge in [0, 0.05) is 11.4 Å². The van der Waals surface area contributed by atoms with E-state index in [1.54, 1.807) is 11.8 Å². The fraction of sp³-hybridized carbons (Fsp3) is 0.440. The second-order valence-corrected chi connectivity index (χ2v) is 9.76. The molecule has 5 rings (SSSR count). The Kier molecular flexibility index (Phi) is 4.88. The standard InChI is InChI=1S/C25H27N3OS/c1-30-21-9-5-8-20-22(21)27-23(28(20)16-18-10-11-18)25(29)14-12-24(17-26,13-15-25)19-6-3-2-4-7-19/h2-9,18,29H,10-16H2,1H3/t24-,25-. The molecule has 2 fully saturated rings. The molecule has 30 heavy (non-hydrogen) atoms. The van der Waals surface area contributed by atoms with Gasteiger partial charge in [0.05, 0.1) is 17.0 Å². The Hall–Kier alpha value is -2.29. The minimum absolute atomic E-state index is 0.523. The fourth-order valence-electron chi connectivity index (χ4n) is 4.92. The van der Waals surface area contributed by atoms with Crippen molar-refractivity contribution in [2.45, 2.75) is 61.0 Å². The number of nitrogens with zero attached hydrogens (tertiary/aromatic N) is 3. The Labute approximate surface area is 181 Å². The van der Waals surface area contributed by atoms with Crippen LogP contribution in [0, 0.1) is 17.2 Å². The fourth-order valence-corrected chi connectivity index (χ4v) is 5.48. The molecule has 2 saturated carbocycles. The van der Waals surface area contributed by atoms with Crippen LogP contribution in [0.4, 0.5) is 0 Å². The topological polar surface area (TPSA) is 61.8 Å². The van der Waals surface area contributed by atoms with Crippen molar-refractivity contribution in [1.29, 1.82) is 5.26 Å². The minimum Gasteiger partial charge on any atom is -0.382 e. The summed E-state index contributed by atoms with van der Waals surface area (Å²) in [5.74, 6) is 1.49. The van der Waals surface area contributed by atoms with E-state index in [0.29, 0.717) is 31.6 Å². The van der Waals surface area contributed by atoms with E-state index in [0.717, 1.165) is 33.9 Å². The second kappa shape index (κ2) is 7.44. The number of hydrogen-bond donors (Lipinski definition) is 1. The zero-order valence-electron chi connectivity index (χ0n) is 17.3. The third kappa shape index (κ3) is 3.23. The van der Waals surface area contributed by atoms with Crippen molar-refractivity contribution in [1.82, 2.24) is 9.55 Å². The highest BCUT2D eigenvalue weighted by atomic mass is 32.2. The van der Waals surface area contributed by atoms with Crippen LogP contribution in [0.1, 0.15) is 49.9 Å². The predicted octanol–water partition coefficient (Wildman–Crippen LogP) is 5.39. The molecule has 1 heterocycles. The largest absolute Gasteiger partial charge is 0.382 e. The van der Waals surface area contributed by atoms with Gasteiger partial charge < -0.3 is 9.67 Å². The second-order valence-electron chi connectivity index (χ2n) is 8.91. The van der Waals surface area contributed by atoms with Crippen molar-refractivity contribution >= 4 is 22.8 Å². The molecule has 5 heteroatoms. The third-order valence-corrected chi connectivity index (χ3v) is 7.76. The van der Waals surface area contributed by atoms with Crippen LogP contribution < -0.4 is 0 Å². The highest BCUT2D eigenvalue weighted by molar-refractivity contribution is 7.98. The van der Waals surface area contributed by atoms with Gasteiger partial charge in [-0.05, 0) is 68.4 Å². The van der Waals surface area contributed by atoms with Gasteiger partial charge in [0.15, 0.2) is 0 Å². The molecule has 2 aliphatic carbocycles. The zero-order valence-corrected chi connectivity index (χ0v) is 18.2. The molecule has 0 atom stereocenters. The molecule has 0 saturated heterocycles. The summed E-state index contributed by atoms with van der Waals surface area (Å²) in [7, 11) is 0. The Balaban J connectivity index is 1.53. The van der Waals surface area contributed by atoms with Crippen LogP contribution in [0.5, 0.6) is 0 Å². The van der Waals surface area contributed by atoms with Crippen molar-refractivity contribution < 1.29 is 5.11 Å². The van der Waals surface area contributed by atoms with Crippen molar-refractivity contribution in [3.8, 4) is 6.07 Å². The summed E-state index contributed by atoms with van der Waals surface area (Å²) in [4.78, 5) is 6.17. The summed E-state index contributed by atoms with van der Waals surface area (Å²) < 4.78 is 2.27. The van der Waals surface area contributed by atoms with Crippen LogP contribution in [-0.2, 0) is 17.6 Å². The van der Waals surface area contributed by atoms with Gasteiger partial charge in [0.1, 0.15) is 16.9 Å². The summed E-state index contributed by atoms with van der Waals surface area (Å²) in [5.41, 5.74) is 1.67. The molecule has 1 N–H and O–H groups in total. The molecule has 0 radical (unpaired) electrons. The van der Waals surface area contributed by atoms with Gasteiger partial charge in [0.2, 0.25) is 0 Å². The maximum absolute atomic E-state index is 11.8. The Morgan fingerprint density at radius 2 is 1.83 bits per heavy atom. The number of benzene rings is 2. The van der Waals surface area contributed by atoms with Gasteiger partial charge in [-0.1, -0.05) is 36.4 Å². The number of para-hydroxylation sites is 1. The van der Waals surface area contributed by atoms with Gasteiger partial charge in [-0.25, -0.2) is 4.98 Å². The van der Waals surface area contributed by atoms with Gasteiger partial charge in [0.25, 0.3) is 0 Å². The van der Waals surface area contributed by atoms with Crippen molar-refractivity contribution in [3.63, 3.8) is 0 Å². The van der Waals surface area contributed by atoms with Crippen LogP contribution in [0.2, 0.25) is 0 Å². The van der Waals surface area contributed by atoms with Crippen LogP contribution in [0.25, 0.3) is 11.0 Å². The van der Waals surface area contributed by atoms with Crippen LogP contribution in [0.15, 0.2) is 53.4 Å². The lowest BCUT2D eigenvalue weighted by Gasteiger charge is -2.40. The maximum atomic E-state index is 11.8. The number of rotatable bonds is 5. The molecule has 0 spiro atoms. The normalized spacial score (nSPS) is 26.6. The quantitative estimate of drug-likeness (QED) is 0.565. The van der Waals surface area contributed by atoms with E-state index in [9.17, 15) is 10.4 Å². The van der Waals surface area contributed by atoms with Gasteiger partial charge in [-0.3, -0.25) is 0 Å². The average Bonchev–Trinajstić information content (AvgIpc) is 3.54. The molecule has 1 aromatic heterocycles. The first kappa shape index (κ1) is 19.7. The van der Waals surface area contributed by atoms with Gasteiger partial charge in [-0.15, -0.1) is 11.8 Å². The summed E-state index contributed by atoms with van der Waals surface area (Å²) in [5, 5.41) is 21.8. The predicted molar refractivity (Wildman–Crippen MR) is 120 cm³/mol. The highest BCUT2D eigenvalue weighted by Gasteiger charge is 2.46. The molecule has 0 bridgehead atoms. The van der Waals surface area contributed by atoms with E-state index in [1.165, 1.54) is 12.8 Å². The number of thioether (sulfide) groups is 1. The molecule has 154 valence electrons. The smallest absolute Gasteiger partial charge is 0.142 e. The van der Waals surface area contributed by atoms with E-state index in [4.69, 9.17) is 4.98 Å². The number of nitriles is 1. The molecule has 0 unspecified atom stereocenters. The van der Waals surface area contributed by atoms with E-state index < -0.39 is 11.0 Å². The van der Waals surface area contributed by atoms with E-state index in [-0.39, 0.29) is 0 Å². The summed E-state index contributed by atoms with van der Waals surface area (Å²) >= 11 is 1.70. The van der Waals surface area contributed by atoms with E-state index in [1.807, 2.05) is 30.3 Å². The lowest BCUT2D eigenvalue weighted by atomic mass is 9.66. The first-order valence-electron chi connectivity index (χ1n) is 10.8. The molecule has 0 aliphatic heterocycles. The first-order chi connectivity index (χ1) is 14.6. The van der Waals surface area contributed by atoms with Crippen molar-refractivity contribution in [3.05, 3.63) is 59.9 Å². The molecule has 4 nitrogen and oxygen atoms in total. The van der Waals surface area contributed by atoms with Crippen molar-refractivity contribution in [2.24, 2.45) is 5.92 Å². The molecular weight excluding hydrogens is 390 g/mol. The molecule has 2 aromatic carbocycles. The zero-order chi connectivity index (χ0) is 20.8. The number of hydrogen-bond acceptors (Lipinski definition) is 4. The van der Waals surface area contributed by atoms with Gasteiger partial charge in [-0.2, -0.15) is 5.26 Å². The van der Waals surface area contributed by atoms with Crippen LogP contribution >= 0.6 is 11.8 Å². The number of aromatic nitrogens is 2. The van der Waals surface area contributed by atoms with E-state index >= 15 is 0 Å². The molecular formula is C25H27N3OS. The summed E-state index contributed by atoms with van der Waals surface area (Å²) in [6.45, 7) is 0.925. The summed E-state index contributed by atoms with van der Waals surface area (Å²) in [6, 6.07) is 19.0. The summed E-state index contributed by atoms with van der Waals surface area (Å²) in [6.07, 6.45) is 6.98. The Morgan fingerprint density at radius 1 is 1.10 bits per heavy atom. The van der Waals surface area contributed by atoms with Crippen LogP contribution in [-0.4, -0.2) is 20.9 Å². The third-order valence-electron chi connectivity index (χ3n) is 6.99. The molecule has 2 aliphatic rings. The minimum atomic E-state index is -0.987. The van der Waals surface area contributed by atoms with Gasteiger partial charge >= 0.3 is 0 Å².